The fourth-order valence-electron chi connectivity index (χ4n) is 2.69. The summed E-state index contributed by atoms with van der Waals surface area (Å²) in [6.45, 7) is 6.42. The van der Waals surface area contributed by atoms with Crippen LogP contribution in [0.3, 0.4) is 0 Å². The molecule has 1 aliphatic rings. The molecule has 0 bridgehead atoms. The van der Waals surface area contributed by atoms with Crippen molar-refractivity contribution < 1.29 is 4.74 Å². The lowest BCUT2D eigenvalue weighted by Crippen LogP contribution is -2.36. The molecule has 0 amide bonds. The number of hydrogen-bond donors (Lipinski definition) is 2. The molecule has 1 saturated heterocycles. The molecular weight excluding hydrogens is 302 g/mol. The van der Waals surface area contributed by atoms with Gasteiger partial charge in [-0.25, -0.2) is 4.98 Å². The number of rotatable bonds is 7. The summed E-state index contributed by atoms with van der Waals surface area (Å²) in [4.78, 5) is 11.2. The first-order valence-electron chi connectivity index (χ1n) is 8.62. The van der Waals surface area contributed by atoms with E-state index in [1.54, 1.807) is 6.20 Å². The van der Waals surface area contributed by atoms with Gasteiger partial charge in [0.1, 0.15) is 5.82 Å². The molecule has 2 N–H and O–H groups in total. The lowest BCUT2D eigenvalue weighted by Gasteiger charge is -2.30. The Balaban J connectivity index is 1.72. The van der Waals surface area contributed by atoms with Crippen LogP contribution in [-0.2, 0) is 4.74 Å². The van der Waals surface area contributed by atoms with Crippen molar-refractivity contribution in [3.05, 3.63) is 36.5 Å². The van der Waals surface area contributed by atoms with Crippen molar-refractivity contribution in [3.8, 4) is 0 Å². The van der Waals surface area contributed by atoms with Gasteiger partial charge in [0.05, 0.1) is 24.6 Å². The van der Waals surface area contributed by atoms with E-state index in [4.69, 9.17) is 4.74 Å². The van der Waals surface area contributed by atoms with E-state index in [-0.39, 0.29) is 0 Å². The third-order valence-corrected chi connectivity index (χ3v) is 3.99. The Labute approximate surface area is 143 Å². The van der Waals surface area contributed by atoms with Crippen molar-refractivity contribution in [2.75, 3.05) is 48.4 Å². The summed E-state index contributed by atoms with van der Waals surface area (Å²) in [7, 11) is 0. The van der Waals surface area contributed by atoms with Crippen molar-refractivity contribution >= 4 is 23.1 Å². The summed E-state index contributed by atoms with van der Waals surface area (Å²) < 4.78 is 5.45. The molecule has 1 aromatic carbocycles. The molecule has 2 heterocycles. The summed E-state index contributed by atoms with van der Waals surface area (Å²) in [6, 6.07) is 10.2. The number of aromatic nitrogens is 2. The van der Waals surface area contributed by atoms with E-state index in [9.17, 15) is 0 Å². The monoisotopic (exact) mass is 327 g/mol. The number of para-hydroxylation sites is 2. The fraction of sp³-hybridized carbons (Fsp3) is 0.444. The quantitative estimate of drug-likeness (QED) is 0.761. The largest absolute Gasteiger partial charge is 0.378 e. The van der Waals surface area contributed by atoms with Crippen molar-refractivity contribution in [1.82, 2.24) is 9.97 Å². The van der Waals surface area contributed by atoms with Gasteiger partial charge < -0.3 is 20.3 Å². The van der Waals surface area contributed by atoms with Gasteiger partial charge in [-0.2, -0.15) is 4.98 Å². The number of nitrogens with zero attached hydrogens (tertiary/aromatic N) is 3. The Bertz CT molecular complexity index is 643. The van der Waals surface area contributed by atoms with Gasteiger partial charge in [-0.15, -0.1) is 0 Å². The molecule has 6 nitrogen and oxygen atoms in total. The van der Waals surface area contributed by atoms with Gasteiger partial charge in [0.2, 0.25) is 5.95 Å². The molecule has 128 valence electrons. The van der Waals surface area contributed by atoms with Crippen LogP contribution in [0, 0.1) is 0 Å². The molecular formula is C18H25N5O. The molecule has 0 atom stereocenters. The van der Waals surface area contributed by atoms with Crippen LogP contribution in [0.2, 0.25) is 0 Å². The maximum Gasteiger partial charge on any atom is 0.224 e. The highest BCUT2D eigenvalue weighted by molar-refractivity contribution is 5.74. The SMILES string of the molecule is CCCCNc1nccc(Nc2ccccc2N2CCOCC2)n1. The highest BCUT2D eigenvalue weighted by Gasteiger charge is 2.14. The normalized spacial score (nSPS) is 14.5. The molecule has 0 spiro atoms. The molecule has 0 radical (unpaired) electrons. The van der Waals surface area contributed by atoms with Gasteiger partial charge in [-0.3, -0.25) is 0 Å². The molecule has 24 heavy (non-hydrogen) atoms. The summed E-state index contributed by atoms with van der Waals surface area (Å²) in [5, 5.41) is 6.69. The number of nitrogens with one attached hydrogen (secondary N) is 2. The Morgan fingerprint density at radius 1 is 1.17 bits per heavy atom. The Kier molecular flexibility index (Phi) is 5.85. The lowest BCUT2D eigenvalue weighted by molar-refractivity contribution is 0.123. The van der Waals surface area contributed by atoms with Crippen LogP contribution in [0.15, 0.2) is 36.5 Å². The zero-order valence-corrected chi connectivity index (χ0v) is 14.2. The average molecular weight is 327 g/mol. The third-order valence-electron chi connectivity index (χ3n) is 3.99. The highest BCUT2D eigenvalue weighted by atomic mass is 16.5. The van der Waals surface area contributed by atoms with Crippen molar-refractivity contribution in [2.24, 2.45) is 0 Å². The molecule has 0 aliphatic carbocycles. The van der Waals surface area contributed by atoms with E-state index in [0.717, 1.165) is 57.2 Å². The maximum atomic E-state index is 5.45. The predicted octanol–water partition coefficient (Wildman–Crippen LogP) is 3.27. The average Bonchev–Trinajstić information content (AvgIpc) is 2.64. The van der Waals surface area contributed by atoms with Crippen LogP contribution in [0.4, 0.5) is 23.1 Å². The van der Waals surface area contributed by atoms with Crippen LogP contribution < -0.4 is 15.5 Å². The van der Waals surface area contributed by atoms with Crippen LogP contribution in [-0.4, -0.2) is 42.8 Å². The standard InChI is InChI=1S/C18H25N5O/c1-2-3-9-19-18-20-10-8-17(22-18)21-15-6-4-5-7-16(15)23-11-13-24-14-12-23/h4-8,10H,2-3,9,11-14H2,1H3,(H2,19,20,21,22). The summed E-state index contributed by atoms with van der Waals surface area (Å²) in [5.74, 6) is 1.46. The predicted molar refractivity (Wildman–Crippen MR) is 98.2 cm³/mol. The van der Waals surface area contributed by atoms with Gasteiger partial charge in [0, 0.05) is 25.8 Å². The van der Waals surface area contributed by atoms with E-state index >= 15 is 0 Å². The van der Waals surface area contributed by atoms with Crippen LogP contribution in [0.25, 0.3) is 0 Å². The molecule has 3 rings (SSSR count). The van der Waals surface area contributed by atoms with E-state index < -0.39 is 0 Å². The minimum absolute atomic E-state index is 0.664. The van der Waals surface area contributed by atoms with Gasteiger partial charge in [-0.05, 0) is 24.6 Å². The highest BCUT2D eigenvalue weighted by Crippen LogP contribution is 2.28. The van der Waals surface area contributed by atoms with Crippen molar-refractivity contribution in [2.45, 2.75) is 19.8 Å². The van der Waals surface area contributed by atoms with Gasteiger partial charge >= 0.3 is 0 Å². The van der Waals surface area contributed by atoms with Crippen LogP contribution in [0.1, 0.15) is 19.8 Å². The number of morpholine rings is 1. The van der Waals surface area contributed by atoms with Gasteiger partial charge in [0.25, 0.3) is 0 Å². The third kappa shape index (κ3) is 4.35. The maximum absolute atomic E-state index is 5.45. The number of hydrogen-bond acceptors (Lipinski definition) is 6. The first-order chi connectivity index (χ1) is 11.9. The van der Waals surface area contributed by atoms with E-state index in [1.165, 1.54) is 5.69 Å². The topological polar surface area (TPSA) is 62.3 Å². The van der Waals surface area contributed by atoms with Crippen molar-refractivity contribution in [1.29, 1.82) is 0 Å². The Morgan fingerprint density at radius 2 is 2.00 bits per heavy atom. The van der Waals surface area contributed by atoms with E-state index in [0.29, 0.717) is 5.95 Å². The minimum atomic E-state index is 0.664. The number of ether oxygens (including phenoxy) is 1. The van der Waals surface area contributed by atoms with Gasteiger partial charge in [0.15, 0.2) is 0 Å². The Morgan fingerprint density at radius 3 is 2.83 bits per heavy atom. The lowest BCUT2D eigenvalue weighted by atomic mass is 10.2. The second-order valence-electron chi connectivity index (χ2n) is 5.79. The second-order valence-corrected chi connectivity index (χ2v) is 5.79. The van der Waals surface area contributed by atoms with E-state index in [2.05, 4.69) is 50.6 Å². The zero-order chi connectivity index (χ0) is 16.6. The molecule has 1 fully saturated rings. The smallest absolute Gasteiger partial charge is 0.224 e. The van der Waals surface area contributed by atoms with E-state index in [1.807, 2.05) is 12.1 Å². The molecule has 1 aliphatic heterocycles. The van der Waals surface area contributed by atoms with Gasteiger partial charge in [-0.1, -0.05) is 25.5 Å². The number of unbranched alkanes of at least 4 members (excludes halogenated alkanes) is 1. The minimum Gasteiger partial charge on any atom is -0.378 e. The first kappa shape index (κ1) is 16.5. The molecule has 0 unspecified atom stereocenters. The number of benzene rings is 1. The summed E-state index contributed by atoms with van der Waals surface area (Å²) >= 11 is 0. The zero-order valence-electron chi connectivity index (χ0n) is 14.2. The fourth-order valence-corrected chi connectivity index (χ4v) is 2.69. The van der Waals surface area contributed by atoms with Crippen LogP contribution >= 0.6 is 0 Å². The molecule has 0 saturated carbocycles. The summed E-state index contributed by atoms with van der Waals surface area (Å²) in [5.41, 5.74) is 2.23. The molecule has 6 heteroatoms. The summed E-state index contributed by atoms with van der Waals surface area (Å²) in [6.07, 6.45) is 4.04. The van der Waals surface area contributed by atoms with Crippen molar-refractivity contribution in [3.63, 3.8) is 0 Å². The number of anilines is 4. The Hall–Kier alpha value is -2.34. The first-order valence-corrected chi connectivity index (χ1v) is 8.62. The molecule has 2 aromatic rings. The molecule has 1 aromatic heterocycles. The second kappa shape index (κ2) is 8.49. The van der Waals surface area contributed by atoms with Crippen LogP contribution in [0.5, 0.6) is 0 Å².